The molecule has 0 aromatic rings. The van der Waals surface area contributed by atoms with Gasteiger partial charge in [-0.05, 0) is 38.5 Å². The van der Waals surface area contributed by atoms with E-state index in [0.29, 0.717) is 13.0 Å². The molecule has 0 saturated carbocycles. The topological polar surface area (TPSA) is 135 Å². The van der Waals surface area contributed by atoms with E-state index in [0.717, 1.165) is 32.1 Å². The van der Waals surface area contributed by atoms with E-state index in [1.807, 2.05) is 0 Å². The lowest BCUT2D eigenvalue weighted by molar-refractivity contribution is -0.305. The van der Waals surface area contributed by atoms with Crippen LogP contribution in [0.25, 0.3) is 0 Å². The van der Waals surface area contributed by atoms with Gasteiger partial charge in [0.25, 0.3) is 0 Å². The molecule has 0 aromatic carbocycles. The fraction of sp³-hybridized carbons (Fsp3) is 0.952. The largest absolute Gasteiger partial charge is 0.457 e. The quantitative estimate of drug-likeness (QED) is 0.0267. The van der Waals surface area contributed by atoms with Crippen LogP contribution in [-0.2, 0) is 23.7 Å². The lowest BCUT2D eigenvalue weighted by Gasteiger charge is -2.39. The van der Waals surface area contributed by atoms with Gasteiger partial charge in [0, 0.05) is 13.0 Å². The van der Waals surface area contributed by atoms with Crippen molar-refractivity contribution < 1.29 is 44.2 Å². The fourth-order valence-electron chi connectivity index (χ4n) is 10.1. The molecule has 1 rings (SSSR count). The average Bonchev–Trinajstić information content (AvgIpc) is 3.37. The van der Waals surface area contributed by atoms with Crippen molar-refractivity contribution in [2.45, 2.75) is 352 Å². The highest BCUT2D eigenvalue weighted by atomic mass is 16.7. The maximum absolute atomic E-state index is 12.9. The van der Waals surface area contributed by atoms with Crippen LogP contribution < -0.4 is 0 Å². The van der Waals surface area contributed by atoms with E-state index in [-0.39, 0.29) is 19.2 Å². The zero-order chi connectivity index (χ0) is 51.3. The van der Waals surface area contributed by atoms with Crippen molar-refractivity contribution in [2.75, 3.05) is 26.4 Å². The van der Waals surface area contributed by atoms with Gasteiger partial charge < -0.3 is 39.4 Å². The van der Waals surface area contributed by atoms with E-state index in [2.05, 4.69) is 26.0 Å². The summed E-state index contributed by atoms with van der Waals surface area (Å²) in [6, 6.07) is 0. The van der Waals surface area contributed by atoms with Crippen LogP contribution >= 0.6 is 0 Å². The molecule has 4 N–H and O–H groups in total. The first-order valence-corrected chi connectivity index (χ1v) is 31.3. The fourth-order valence-corrected chi connectivity index (χ4v) is 10.1. The van der Waals surface area contributed by atoms with Crippen LogP contribution in [0.2, 0.25) is 0 Å². The summed E-state index contributed by atoms with van der Waals surface area (Å²) < 4.78 is 23.0. The molecule has 1 aliphatic heterocycles. The summed E-state index contributed by atoms with van der Waals surface area (Å²) >= 11 is 0. The summed E-state index contributed by atoms with van der Waals surface area (Å²) in [7, 11) is 0. The number of ether oxygens (including phenoxy) is 4. The highest BCUT2D eigenvalue weighted by Gasteiger charge is 2.44. The first-order chi connectivity index (χ1) is 34.9. The number of hydrogen-bond acceptors (Lipinski definition) is 9. The Kier molecular flexibility index (Phi) is 51.4. The van der Waals surface area contributed by atoms with Crippen molar-refractivity contribution in [3.63, 3.8) is 0 Å². The minimum Gasteiger partial charge on any atom is -0.457 e. The van der Waals surface area contributed by atoms with Gasteiger partial charge in [-0.2, -0.15) is 0 Å². The van der Waals surface area contributed by atoms with Crippen LogP contribution in [-0.4, -0.2) is 89.6 Å². The Morgan fingerprint density at radius 1 is 0.437 bits per heavy atom. The van der Waals surface area contributed by atoms with E-state index in [4.69, 9.17) is 18.9 Å². The molecule has 1 fully saturated rings. The second kappa shape index (κ2) is 53.7. The molecule has 1 saturated heterocycles. The minimum absolute atomic E-state index is 0.106. The molecule has 1 heterocycles. The Morgan fingerprint density at radius 2 is 0.775 bits per heavy atom. The van der Waals surface area contributed by atoms with Crippen molar-refractivity contribution in [2.24, 2.45) is 0 Å². The van der Waals surface area contributed by atoms with Gasteiger partial charge in [-0.3, -0.25) is 4.79 Å². The smallest absolute Gasteiger partial charge is 0.306 e. The lowest BCUT2D eigenvalue weighted by Crippen LogP contribution is -2.59. The molecule has 9 heteroatoms. The van der Waals surface area contributed by atoms with Gasteiger partial charge in [0.2, 0.25) is 0 Å². The van der Waals surface area contributed by atoms with Gasteiger partial charge >= 0.3 is 5.97 Å². The Labute approximate surface area is 439 Å². The molecule has 422 valence electrons. The number of allylic oxidation sites excluding steroid dienone is 2. The lowest BCUT2D eigenvalue weighted by atomic mass is 9.99. The SMILES string of the molecule is CCCCCCCCCC/C=C\CCCCCCCCCCCCCCCCOCC(COC1OC(CO)C(O)C(O)C1O)OC(=O)CCCCCCCCCCCCCCCCCCCCCCCC. The molecule has 0 amide bonds. The van der Waals surface area contributed by atoms with Crippen molar-refractivity contribution in [3.8, 4) is 0 Å². The summed E-state index contributed by atoms with van der Waals surface area (Å²) in [5.74, 6) is -0.303. The average molecular weight is 1010 g/mol. The van der Waals surface area contributed by atoms with Crippen LogP contribution in [0.4, 0.5) is 0 Å². The van der Waals surface area contributed by atoms with Crippen LogP contribution in [0, 0.1) is 0 Å². The normalized spacial score (nSPS) is 18.8. The number of aliphatic hydroxyl groups excluding tert-OH is 4. The number of carbonyl (C=O) groups is 1. The number of carbonyl (C=O) groups excluding carboxylic acids is 1. The third-order valence-corrected chi connectivity index (χ3v) is 14.9. The van der Waals surface area contributed by atoms with Crippen molar-refractivity contribution >= 4 is 5.97 Å². The third kappa shape index (κ3) is 43.8. The zero-order valence-electron chi connectivity index (χ0n) is 47.0. The maximum atomic E-state index is 12.9. The number of unbranched alkanes of at least 4 members (excludes halogenated alkanes) is 43. The van der Waals surface area contributed by atoms with Gasteiger partial charge in [-0.1, -0.05) is 283 Å². The Balaban J connectivity index is 2.10. The molecular formula is C62H120O9. The second-order valence-corrected chi connectivity index (χ2v) is 21.9. The third-order valence-electron chi connectivity index (χ3n) is 14.9. The summed E-state index contributed by atoms with van der Waals surface area (Å²) in [6.45, 7) is 4.64. The first kappa shape index (κ1) is 67.9. The molecular weight excluding hydrogens is 889 g/mol. The molecule has 1 aliphatic rings. The Hall–Kier alpha value is -1.07. The minimum atomic E-state index is -1.53. The van der Waals surface area contributed by atoms with Crippen LogP contribution in [0.15, 0.2) is 12.2 Å². The van der Waals surface area contributed by atoms with Crippen LogP contribution in [0.5, 0.6) is 0 Å². The predicted molar refractivity (Wildman–Crippen MR) is 298 cm³/mol. The number of esters is 1. The summed E-state index contributed by atoms with van der Waals surface area (Å²) in [5.41, 5.74) is 0. The standard InChI is InChI=1S/C62H120O9/c1-3-5-7-9-11-13-15-17-19-21-23-25-27-28-29-30-32-34-36-38-40-42-44-46-48-50-52-68-54-56(55-69-62-61(67)60(66)59(65)57(53-63)71-62)70-58(64)51-49-47-45-43-41-39-37-35-33-31-26-24-22-20-18-16-14-12-10-8-6-4-2/h21,23,56-57,59-63,65-67H,3-20,22,24-55H2,1-2H3/b23-21-. The van der Waals surface area contributed by atoms with Gasteiger partial charge in [0.15, 0.2) is 6.29 Å². The first-order valence-electron chi connectivity index (χ1n) is 31.3. The van der Waals surface area contributed by atoms with E-state index < -0.39 is 43.4 Å². The van der Waals surface area contributed by atoms with Gasteiger partial charge in [0.05, 0.1) is 19.8 Å². The van der Waals surface area contributed by atoms with Gasteiger partial charge in [-0.25, -0.2) is 0 Å². The summed E-state index contributed by atoms with van der Waals surface area (Å²) in [4.78, 5) is 12.9. The molecule has 6 unspecified atom stereocenters. The van der Waals surface area contributed by atoms with Crippen molar-refractivity contribution in [3.05, 3.63) is 12.2 Å². The van der Waals surface area contributed by atoms with Crippen LogP contribution in [0.3, 0.4) is 0 Å². The molecule has 0 bridgehead atoms. The number of hydrogen-bond donors (Lipinski definition) is 4. The molecule has 0 radical (unpaired) electrons. The Morgan fingerprint density at radius 3 is 1.14 bits per heavy atom. The van der Waals surface area contributed by atoms with E-state index in [1.165, 1.54) is 263 Å². The summed E-state index contributed by atoms with van der Waals surface area (Å²) in [5, 5.41) is 40.4. The number of aliphatic hydroxyl groups is 4. The maximum Gasteiger partial charge on any atom is 0.306 e. The van der Waals surface area contributed by atoms with Gasteiger partial charge in [0.1, 0.15) is 30.5 Å². The van der Waals surface area contributed by atoms with E-state index >= 15 is 0 Å². The molecule has 0 aromatic heterocycles. The van der Waals surface area contributed by atoms with Crippen LogP contribution in [0.1, 0.15) is 316 Å². The number of rotatable bonds is 56. The Bertz CT molecular complexity index is 1100. The highest BCUT2D eigenvalue weighted by molar-refractivity contribution is 5.69. The molecule has 0 aliphatic carbocycles. The van der Waals surface area contributed by atoms with Gasteiger partial charge in [-0.15, -0.1) is 0 Å². The summed E-state index contributed by atoms with van der Waals surface area (Å²) in [6.07, 6.45) is 58.5. The van der Waals surface area contributed by atoms with Crippen molar-refractivity contribution in [1.82, 2.24) is 0 Å². The van der Waals surface area contributed by atoms with E-state index in [9.17, 15) is 25.2 Å². The predicted octanol–water partition coefficient (Wildman–Crippen LogP) is 16.7. The molecule has 9 nitrogen and oxygen atoms in total. The van der Waals surface area contributed by atoms with E-state index in [1.54, 1.807) is 0 Å². The molecule has 71 heavy (non-hydrogen) atoms. The zero-order valence-corrected chi connectivity index (χ0v) is 47.0. The van der Waals surface area contributed by atoms with Crippen molar-refractivity contribution in [1.29, 1.82) is 0 Å². The monoisotopic (exact) mass is 1010 g/mol. The molecule has 6 atom stereocenters. The molecule has 0 spiro atoms. The highest BCUT2D eigenvalue weighted by Crippen LogP contribution is 2.23. The second-order valence-electron chi connectivity index (χ2n) is 21.9.